The molecule has 2 N–H and O–H groups in total. The quantitative estimate of drug-likeness (QED) is 0.299. The Bertz CT molecular complexity index is 684. The number of aromatic hydroxyl groups is 1. The van der Waals surface area contributed by atoms with Crippen molar-refractivity contribution in [3.8, 4) is 11.5 Å². The van der Waals surface area contributed by atoms with Gasteiger partial charge in [0.2, 0.25) is 0 Å². The predicted octanol–water partition coefficient (Wildman–Crippen LogP) is 1.72. The van der Waals surface area contributed by atoms with E-state index in [-0.39, 0.29) is 12.4 Å². The van der Waals surface area contributed by atoms with Gasteiger partial charge in [0.05, 0.1) is 38.6 Å². The number of hydrogen-bond acceptors (Lipinski definition) is 10. The van der Waals surface area contributed by atoms with Gasteiger partial charge in [-0.15, -0.1) is 11.8 Å². The van der Waals surface area contributed by atoms with Crippen LogP contribution < -0.4 is 4.74 Å². The van der Waals surface area contributed by atoms with Crippen LogP contribution in [0.5, 0.6) is 11.5 Å². The summed E-state index contributed by atoms with van der Waals surface area (Å²) in [4.78, 5) is 19.8. The van der Waals surface area contributed by atoms with Crippen LogP contribution in [0.2, 0.25) is 0 Å². The lowest BCUT2D eigenvalue weighted by molar-refractivity contribution is -0.238. The molecule has 1 atom stereocenters. The van der Waals surface area contributed by atoms with Gasteiger partial charge in [-0.05, 0) is 19.1 Å². The van der Waals surface area contributed by atoms with E-state index in [1.165, 1.54) is 11.8 Å². The summed E-state index contributed by atoms with van der Waals surface area (Å²) in [7, 11) is 1.61. The maximum Gasteiger partial charge on any atom is 0.369 e. The fraction of sp³-hybridized carbons (Fsp3) is 0.556. The average Bonchev–Trinajstić information content (AvgIpc) is 3.10. The van der Waals surface area contributed by atoms with E-state index in [4.69, 9.17) is 24.2 Å². The summed E-state index contributed by atoms with van der Waals surface area (Å²) in [6.07, 6.45) is 0. The number of benzene rings is 1. The largest absolute Gasteiger partial charge is 0.504 e. The van der Waals surface area contributed by atoms with Gasteiger partial charge in [0.1, 0.15) is 11.7 Å². The van der Waals surface area contributed by atoms with Crippen molar-refractivity contribution in [3.05, 3.63) is 23.8 Å². The summed E-state index contributed by atoms with van der Waals surface area (Å²) < 4.78 is 21.1. The Morgan fingerprint density at radius 3 is 2.54 bits per heavy atom. The molecule has 0 bridgehead atoms. The highest BCUT2D eigenvalue weighted by molar-refractivity contribution is 8.14. The Labute approximate surface area is 167 Å². The summed E-state index contributed by atoms with van der Waals surface area (Å²) in [6.45, 7) is 4.12. The number of para-hydroxylation sites is 1. The molecule has 9 nitrogen and oxygen atoms in total. The Morgan fingerprint density at radius 2 is 1.86 bits per heavy atom. The first-order valence-corrected chi connectivity index (χ1v) is 9.68. The Kier molecular flexibility index (Phi) is 9.00. The van der Waals surface area contributed by atoms with Crippen LogP contribution in [0.4, 0.5) is 0 Å². The molecule has 0 aliphatic carbocycles. The Hall–Kier alpha value is -1.85. The SMILES string of the molecule is COCCOCCOCCOc1cccc(C2=N[C@@](C)(C(=O)OO)CS2)c1O. The molecule has 0 saturated heterocycles. The lowest BCUT2D eigenvalue weighted by atomic mass is 10.1. The molecule has 10 heteroatoms. The molecule has 156 valence electrons. The van der Waals surface area contributed by atoms with Crippen LogP contribution in [0, 0.1) is 0 Å². The van der Waals surface area contributed by atoms with Crippen LogP contribution in [0.3, 0.4) is 0 Å². The number of hydrogen-bond donors (Lipinski definition) is 2. The molecule has 0 unspecified atom stereocenters. The molecule has 2 rings (SSSR count). The zero-order chi connectivity index (χ0) is 20.4. The number of phenolic OH excluding ortho intramolecular Hbond substituents is 1. The van der Waals surface area contributed by atoms with Crippen LogP contribution in [0.15, 0.2) is 23.2 Å². The molecule has 0 aromatic heterocycles. The molecule has 0 radical (unpaired) electrons. The minimum absolute atomic E-state index is 0.0711. The molecular weight excluding hydrogens is 390 g/mol. The van der Waals surface area contributed by atoms with Gasteiger partial charge in [-0.1, -0.05) is 6.07 Å². The number of methoxy groups -OCH3 is 1. The van der Waals surface area contributed by atoms with Crippen molar-refractivity contribution in [2.24, 2.45) is 4.99 Å². The smallest absolute Gasteiger partial charge is 0.369 e. The van der Waals surface area contributed by atoms with E-state index >= 15 is 0 Å². The van der Waals surface area contributed by atoms with E-state index in [2.05, 4.69) is 9.88 Å². The van der Waals surface area contributed by atoms with Crippen LogP contribution >= 0.6 is 11.8 Å². The second kappa shape index (κ2) is 11.2. The Balaban J connectivity index is 1.85. The van der Waals surface area contributed by atoms with Gasteiger partial charge in [0.25, 0.3) is 0 Å². The minimum Gasteiger partial charge on any atom is -0.504 e. The minimum atomic E-state index is -1.20. The van der Waals surface area contributed by atoms with Gasteiger partial charge in [-0.25, -0.2) is 4.79 Å². The van der Waals surface area contributed by atoms with Crippen molar-refractivity contribution in [1.29, 1.82) is 0 Å². The zero-order valence-electron chi connectivity index (χ0n) is 15.9. The summed E-state index contributed by atoms with van der Waals surface area (Å²) in [5.74, 6) is -0.324. The maximum atomic E-state index is 11.7. The van der Waals surface area contributed by atoms with Crippen LogP contribution in [0.1, 0.15) is 12.5 Å². The third-order valence-electron chi connectivity index (χ3n) is 3.88. The van der Waals surface area contributed by atoms with Crippen molar-refractivity contribution >= 4 is 22.8 Å². The molecule has 0 fully saturated rings. The third-order valence-corrected chi connectivity index (χ3v) is 5.17. The summed E-state index contributed by atoms with van der Waals surface area (Å²) in [5, 5.41) is 19.6. The summed E-state index contributed by atoms with van der Waals surface area (Å²) >= 11 is 1.29. The molecule has 28 heavy (non-hydrogen) atoms. The second-order valence-corrected chi connectivity index (χ2v) is 7.04. The number of phenols is 1. The maximum absolute atomic E-state index is 11.7. The molecule has 0 spiro atoms. The molecule has 0 amide bonds. The van der Waals surface area contributed by atoms with Gasteiger partial charge in [-0.3, -0.25) is 9.88 Å². The second-order valence-electron chi connectivity index (χ2n) is 6.08. The van der Waals surface area contributed by atoms with Crippen molar-refractivity contribution in [2.45, 2.75) is 12.5 Å². The third kappa shape index (κ3) is 6.08. The number of rotatable bonds is 12. The fourth-order valence-corrected chi connectivity index (χ4v) is 3.51. The van der Waals surface area contributed by atoms with Crippen molar-refractivity contribution < 1.29 is 39.0 Å². The van der Waals surface area contributed by atoms with Gasteiger partial charge < -0.3 is 24.1 Å². The summed E-state index contributed by atoms with van der Waals surface area (Å²) in [6, 6.07) is 5.03. The Morgan fingerprint density at radius 1 is 1.18 bits per heavy atom. The first-order chi connectivity index (χ1) is 13.5. The first-order valence-electron chi connectivity index (χ1n) is 8.70. The van der Waals surface area contributed by atoms with E-state index < -0.39 is 11.5 Å². The van der Waals surface area contributed by atoms with E-state index in [9.17, 15) is 9.90 Å². The fourth-order valence-electron chi connectivity index (χ4n) is 2.32. The number of aliphatic imine (C=N–C) groups is 1. The molecule has 1 heterocycles. The zero-order valence-corrected chi connectivity index (χ0v) is 16.7. The van der Waals surface area contributed by atoms with Crippen LogP contribution in [0.25, 0.3) is 0 Å². The highest BCUT2D eigenvalue weighted by Gasteiger charge is 2.41. The standard InChI is InChI=1S/C18H25NO8S/c1-18(17(21)27-22)12-28-16(19-18)13-4-3-5-14(15(13)20)26-11-10-25-9-8-24-7-6-23-2/h3-5,20,22H,6-12H2,1-2H3/t18-/m1/s1. The lowest BCUT2D eigenvalue weighted by Crippen LogP contribution is -2.34. The predicted molar refractivity (Wildman–Crippen MR) is 103 cm³/mol. The molecule has 1 aromatic rings. The van der Waals surface area contributed by atoms with E-state index in [1.807, 2.05) is 0 Å². The summed E-state index contributed by atoms with van der Waals surface area (Å²) in [5.41, 5.74) is -0.749. The average molecular weight is 415 g/mol. The highest BCUT2D eigenvalue weighted by Crippen LogP contribution is 2.38. The first kappa shape index (κ1) is 22.4. The van der Waals surface area contributed by atoms with E-state index in [0.29, 0.717) is 55.1 Å². The normalized spacial score (nSPS) is 18.8. The van der Waals surface area contributed by atoms with Crippen molar-refractivity contribution in [1.82, 2.24) is 0 Å². The van der Waals surface area contributed by atoms with E-state index in [1.54, 1.807) is 32.2 Å². The molecule has 0 saturated carbocycles. The number of carbonyl (C=O) groups is 1. The topological polar surface area (TPSA) is 116 Å². The van der Waals surface area contributed by atoms with Gasteiger partial charge in [0, 0.05) is 12.9 Å². The molecule has 1 aromatic carbocycles. The van der Waals surface area contributed by atoms with Crippen LogP contribution in [-0.2, 0) is 23.9 Å². The molecular formula is C18H25NO8S. The number of ether oxygens (including phenoxy) is 4. The van der Waals surface area contributed by atoms with Crippen LogP contribution in [-0.4, -0.2) is 79.4 Å². The van der Waals surface area contributed by atoms with Gasteiger partial charge in [-0.2, -0.15) is 5.26 Å². The molecule has 1 aliphatic heterocycles. The van der Waals surface area contributed by atoms with Gasteiger partial charge >= 0.3 is 5.97 Å². The number of nitrogens with zero attached hydrogens (tertiary/aromatic N) is 1. The number of thioether (sulfide) groups is 1. The monoisotopic (exact) mass is 415 g/mol. The lowest BCUT2D eigenvalue weighted by Gasteiger charge is -2.13. The molecule has 1 aliphatic rings. The van der Waals surface area contributed by atoms with E-state index in [0.717, 1.165) is 0 Å². The number of carbonyl (C=O) groups excluding carboxylic acids is 1. The van der Waals surface area contributed by atoms with Crippen molar-refractivity contribution in [3.63, 3.8) is 0 Å². The van der Waals surface area contributed by atoms with Crippen molar-refractivity contribution in [2.75, 3.05) is 52.5 Å². The van der Waals surface area contributed by atoms with Gasteiger partial charge in [0.15, 0.2) is 17.0 Å². The highest BCUT2D eigenvalue weighted by atomic mass is 32.2.